The molecule has 6 nitrogen and oxygen atoms in total. The molecule has 2 heterocycles. The number of hydrogen-bond donors (Lipinski definition) is 1. The summed E-state index contributed by atoms with van der Waals surface area (Å²) in [6.45, 7) is 9.77. The van der Waals surface area contributed by atoms with Crippen LogP contribution in [-0.2, 0) is 0 Å². The molecule has 35 heavy (non-hydrogen) atoms. The largest absolute Gasteiger partial charge is 0.490 e. The van der Waals surface area contributed by atoms with E-state index in [-0.39, 0.29) is 40.1 Å². The molecule has 2 aromatic heterocycles. The van der Waals surface area contributed by atoms with Crippen LogP contribution < -0.4 is 10.5 Å². The number of halogens is 2. The number of carbonyl (C=O) groups excluding carboxylic acids is 1. The number of aryl methyl sites for hydroxylation is 1. The van der Waals surface area contributed by atoms with Gasteiger partial charge >= 0.3 is 0 Å². The first-order valence-electron chi connectivity index (χ1n) is 12.4. The van der Waals surface area contributed by atoms with Crippen LogP contribution in [0.4, 0.5) is 10.2 Å². The molecule has 0 unspecified atom stereocenters. The molecule has 1 aromatic carbocycles. The van der Waals surface area contributed by atoms with E-state index in [1.165, 1.54) is 0 Å². The van der Waals surface area contributed by atoms with E-state index in [1.54, 1.807) is 18.5 Å². The summed E-state index contributed by atoms with van der Waals surface area (Å²) < 4.78 is 23.5. The van der Waals surface area contributed by atoms with Gasteiger partial charge in [0.15, 0.2) is 11.6 Å². The average molecular weight is 501 g/mol. The Kier molecular flexibility index (Phi) is 7.36. The molecule has 1 aliphatic carbocycles. The van der Waals surface area contributed by atoms with Crippen LogP contribution >= 0.6 is 11.6 Å². The molecule has 0 saturated heterocycles. The topological polar surface area (TPSA) is 82.5 Å². The first-order valence-corrected chi connectivity index (χ1v) is 12.8. The third kappa shape index (κ3) is 5.01. The van der Waals surface area contributed by atoms with Gasteiger partial charge in [-0.15, -0.1) is 0 Å². The summed E-state index contributed by atoms with van der Waals surface area (Å²) in [5.74, 6) is 0.906. The van der Waals surface area contributed by atoms with Crippen LogP contribution in [0.1, 0.15) is 93.2 Å². The summed E-state index contributed by atoms with van der Waals surface area (Å²) in [7, 11) is 0. The van der Waals surface area contributed by atoms with Crippen molar-refractivity contribution in [1.29, 1.82) is 0 Å². The fourth-order valence-electron chi connectivity index (χ4n) is 5.17. The summed E-state index contributed by atoms with van der Waals surface area (Å²) in [6, 6.07) is 1.55. The maximum absolute atomic E-state index is 15.5. The van der Waals surface area contributed by atoms with E-state index in [2.05, 4.69) is 11.9 Å². The number of imidazole rings is 1. The quantitative estimate of drug-likeness (QED) is 0.363. The molecule has 2 N–H and O–H groups in total. The monoisotopic (exact) mass is 500 g/mol. The van der Waals surface area contributed by atoms with E-state index in [9.17, 15) is 4.79 Å². The minimum Gasteiger partial charge on any atom is -0.490 e. The second-order valence-electron chi connectivity index (χ2n) is 10.2. The maximum Gasteiger partial charge on any atom is 0.169 e. The summed E-state index contributed by atoms with van der Waals surface area (Å²) in [4.78, 5) is 22.4. The smallest absolute Gasteiger partial charge is 0.169 e. The molecule has 3 aromatic rings. The third-order valence-corrected chi connectivity index (χ3v) is 7.36. The lowest BCUT2D eigenvalue weighted by molar-refractivity contribution is 0.0933. The Morgan fingerprint density at radius 2 is 1.97 bits per heavy atom. The molecule has 188 valence electrons. The van der Waals surface area contributed by atoms with Gasteiger partial charge in [-0.25, -0.2) is 14.4 Å². The fraction of sp³-hybridized carbons (Fsp3) is 0.519. The number of nitrogen functional groups attached to an aromatic ring is 1. The van der Waals surface area contributed by atoms with Crippen LogP contribution in [0.15, 0.2) is 18.5 Å². The summed E-state index contributed by atoms with van der Waals surface area (Å²) in [5, 5.41) is -0.0951. The number of nitrogens with two attached hydrogens (primary N) is 1. The Bertz CT molecular complexity index is 1250. The molecule has 1 aliphatic rings. The van der Waals surface area contributed by atoms with Crippen molar-refractivity contribution in [2.24, 2.45) is 11.8 Å². The maximum atomic E-state index is 15.5. The van der Waals surface area contributed by atoms with Crippen molar-refractivity contribution >= 4 is 28.7 Å². The van der Waals surface area contributed by atoms with Gasteiger partial charge in [0.1, 0.15) is 22.9 Å². The van der Waals surface area contributed by atoms with Crippen molar-refractivity contribution in [2.75, 3.05) is 5.73 Å². The Morgan fingerprint density at radius 1 is 1.29 bits per heavy atom. The van der Waals surface area contributed by atoms with E-state index >= 15 is 4.39 Å². The van der Waals surface area contributed by atoms with Gasteiger partial charge in [-0.1, -0.05) is 38.3 Å². The number of hydrogen-bond acceptors (Lipinski definition) is 5. The fourth-order valence-corrected chi connectivity index (χ4v) is 5.38. The minimum absolute atomic E-state index is 0.0505. The predicted molar refractivity (Wildman–Crippen MR) is 137 cm³/mol. The SMILES string of the molecule is Cc1nc([C@@H](C)c2cc(Cl)c(F)c(C(=O)CC3CCC(C)CC3)c2OC(C)C)n2ccnc(N)c12. The molecule has 0 spiro atoms. The Hall–Kier alpha value is -2.67. The van der Waals surface area contributed by atoms with Crippen molar-refractivity contribution < 1.29 is 13.9 Å². The number of fused-ring (bicyclic) bond motifs is 1. The van der Waals surface area contributed by atoms with Crippen LogP contribution in [0.2, 0.25) is 5.02 Å². The first-order chi connectivity index (χ1) is 16.6. The lowest BCUT2D eigenvalue weighted by Crippen LogP contribution is -2.20. The molecular weight excluding hydrogens is 467 g/mol. The zero-order valence-corrected chi connectivity index (χ0v) is 21.8. The van der Waals surface area contributed by atoms with E-state index in [0.29, 0.717) is 29.5 Å². The van der Waals surface area contributed by atoms with E-state index in [0.717, 1.165) is 36.9 Å². The number of ether oxygens (including phenoxy) is 1. The molecule has 0 amide bonds. The van der Waals surface area contributed by atoms with Crippen molar-refractivity contribution in [3.63, 3.8) is 0 Å². The van der Waals surface area contributed by atoms with Gasteiger partial charge in [-0.2, -0.15) is 0 Å². The number of nitrogens with zero attached hydrogens (tertiary/aromatic N) is 3. The van der Waals surface area contributed by atoms with Gasteiger partial charge in [0.2, 0.25) is 0 Å². The van der Waals surface area contributed by atoms with Gasteiger partial charge in [-0.05, 0) is 51.5 Å². The van der Waals surface area contributed by atoms with Gasteiger partial charge < -0.3 is 10.5 Å². The third-order valence-electron chi connectivity index (χ3n) is 7.08. The number of Topliss-reactive ketones (excluding diaryl/α,β-unsaturated/α-hetero) is 1. The van der Waals surface area contributed by atoms with Crippen molar-refractivity contribution in [1.82, 2.24) is 14.4 Å². The molecular formula is C27H34ClFN4O2. The number of benzene rings is 1. The highest BCUT2D eigenvalue weighted by atomic mass is 35.5. The molecule has 1 saturated carbocycles. The van der Waals surface area contributed by atoms with E-state index in [1.807, 2.05) is 32.1 Å². The number of rotatable bonds is 7. The highest BCUT2D eigenvalue weighted by Gasteiger charge is 2.31. The average Bonchev–Trinajstić information content (AvgIpc) is 3.14. The van der Waals surface area contributed by atoms with Crippen molar-refractivity contribution in [3.8, 4) is 5.75 Å². The molecule has 0 radical (unpaired) electrons. The second-order valence-corrected chi connectivity index (χ2v) is 10.6. The van der Waals surface area contributed by atoms with E-state index in [4.69, 9.17) is 27.1 Å². The van der Waals surface area contributed by atoms with Crippen LogP contribution in [-0.4, -0.2) is 26.3 Å². The summed E-state index contributed by atoms with van der Waals surface area (Å²) in [5.41, 5.74) is 8.12. The first kappa shape index (κ1) is 25.4. The molecule has 0 bridgehead atoms. The zero-order chi connectivity index (χ0) is 25.4. The van der Waals surface area contributed by atoms with Gasteiger partial charge in [0.25, 0.3) is 0 Å². The van der Waals surface area contributed by atoms with Gasteiger partial charge in [0.05, 0.1) is 22.4 Å². The summed E-state index contributed by atoms with van der Waals surface area (Å²) >= 11 is 6.37. The minimum atomic E-state index is -0.718. The normalized spacial score (nSPS) is 19.3. The Morgan fingerprint density at radius 3 is 2.63 bits per heavy atom. The standard InChI is InChI=1S/C27H34ClFN4O2/c1-14(2)35-25-19(16(4)27-32-17(5)24-26(30)31-10-11-33(24)27)13-20(28)23(29)22(25)21(34)12-18-8-6-15(3)7-9-18/h10-11,13-16,18H,6-9,12H2,1-5H3,(H2,30,31)/t15?,16-,18?/m0/s1. The van der Waals surface area contributed by atoms with Crippen LogP contribution in [0.5, 0.6) is 5.75 Å². The summed E-state index contributed by atoms with van der Waals surface area (Å²) in [6.07, 6.45) is 7.59. The number of carbonyl (C=O) groups is 1. The van der Waals surface area contributed by atoms with E-state index < -0.39 is 5.82 Å². The predicted octanol–water partition coefficient (Wildman–Crippen LogP) is 6.75. The molecule has 8 heteroatoms. The van der Waals surface area contributed by atoms with Crippen molar-refractivity contribution in [2.45, 2.75) is 78.7 Å². The van der Waals surface area contributed by atoms with Crippen molar-refractivity contribution in [3.05, 3.63) is 51.9 Å². The molecule has 0 aliphatic heterocycles. The number of ketones is 1. The zero-order valence-electron chi connectivity index (χ0n) is 21.1. The molecule has 4 rings (SSSR count). The van der Waals surface area contributed by atoms with Gasteiger partial charge in [0, 0.05) is 30.3 Å². The van der Waals surface area contributed by atoms with Crippen LogP contribution in [0.25, 0.3) is 5.52 Å². The van der Waals surface area contributed by atoms with Crippen LogP contribution in [0, 0.1) is 24.6 Å². The molecule has 1 atom stereocenters. The van der Waals surface area contributed by atoms with Gasteiger partial charge in [-0.3, -0.25) is 9.20 Å². The van der Waals surface area contributed by atoms with Crippen LogP contribution in [0.3, 0.4) is 0 Å². The molecule has 1 fully saturated rings. The number of aromatic nitrogens is 3. The Balaban J connectivity index is 1.81. The highest BCUT2D eigenvalue weighted by molar-refractivity contribution is 6.31. The second kappa shape index (κ2) is 10.1. The lowest BCUT2D eigenvalue weighted by Gasteiger charge is -2.27. The lowest BCUT2D eigenvalue weighted by atomic mass is 9.80. The highest BCUT2D eigenvalue weighted by Crippen LogP contribution is 2.41. The Labute approximate surface area is 211 Å². The number of anilines is 1.